The zero-order valence-corrected chi connectivity index (χ0v) is 11.6. The third kappa shape index (κ3) is 3.05. The summed E-state index contributed by atoms with van der Waals surface area (Å²) in [5, 5.41) is 2.93. The van der Waals surface area contributed by atoms with Crippen LogP contribution in [0.15, 0.2) is 34.9 Å². The first-order chi connectivity index (χ1) is 9.09. The van der Waals surface area contributed by atoms with Gasteiger partial charge in [-0.25, -0.2) is 0 Å². The molecule has 3 heteroatoms. The van der Waals surface area contributed by atoms with E-state index in [1.165, 1.54) is 23.0 Å². The van der Waals surface area contributed by atoms with Crippen molar-refractivity contribution >= 4 is 5.91 Å². The fraction of sp³-hybridized carbons (Fsp3) is 0.312. The van der Waals surface area contributed by atoms with Crippen molar-refractivity contribution in [2.24, 2.45) is 0 Å². The van der Waals surface area contributed by atoms with E-state index in [4.69, 9.17) is 4.42 Å². The maximum Gasteiger partial charge on any atom is 0.254 e. The standard InChI is InChI=1S/C16H19NO2/c1-11-5-4-6-12(2)14(11)7-9-17-16(18)15-8-10-19-13(15)3/h4-6,8,10H,7,9H2,1-3H3,(H,17,18). The van der Waals surface area contributed by atoms with Crippen LogP contribution in [0.2, 0.25) is 0 Å². The molecule has 0 saturated carbocycles. The summed E-state index contributed by atoms with van der Waals surface area (Å²) in [6, 6.07) is 7.96. The number of hydrogen-bond acceptors (Lipinski definition) is 2. The highest BCUT2D eigenvalue weighted by Crippen LogP contribution is 2.13. The maximum atomic E-state index is 11.9. The number of hydrogen-bond donors (Lipinski definition) is 1. The molecule has 1 aromatic heterocycles. The highest BCUT2D eigenvalue weighted by atomic mass is 16.3. The van der Waals surface area contributed by atoms with E-state index in [-0.39, 0.29) is 5.91 Å². The quantitative estimate of drug-likeness (QED) is 0.914. The average Bonchev–Trinajstić information content (AvgIpc) is 2.79. The van der Waals surface area contributed by atoms with Crippen LogP contribution >= 0.6 is 0 Å². The predicted molar refractivity (Wildman–Crippen MR) is 75.4 cm³/mol. The van der Waals surface area contributed by atoms with Gasteiger partial charge >= 0.3 is 0 Å². The number of carbonyl (C=O) groups is 1. The summed E-state index contributed by atoms with van der Waals surface area (Å²) in [6.45, 7) is 6.63. The summed E-state index contributed by atoms with van der Waals surface area (Å²) in [4.78, 5) is 11.9. The number of carbonyl (C=O) groups excluding carboxylic acids is 1. The van der Waals surface area contributed by atoms with Crippen molar-refractivity contribution in [3.05, 3.63) is 58.5 Å². The van der Waals surface area contributed by atoms with Crippen LogP contribution in [0.25, 0.3) is 0 Å². The van der Waals surface area contributed by atoms with Gasteiger partial charge in [-0.1, -0.05) is 18.2 Å². The Hall–Kier alpha value is -2.03. The number of benzene rings is 1. The molecule has 0 aliphatic rings. The molecule has 3 nitrogen and oxygen atoms in total. The number of nitrogens with one attached hydrogen (secondary N) is 1. The molecule has 2 aromatic rings. The van der Waals surface area contributed by atoms with Crippen LogP contribution < -0.4 is 5.32 Å². The molecule has 0 aliphatic heterocycles. The fourth-order valence-electron chi connectivity index (χ4n) is 2.26. The van der Waals surface area contributed by atoms with Gasteiger partial charge in [0.25, 0.3) is 5.91 Å². The predicted octanol–water partition coefficient (Wildman–Crippen LogP) is 3.18. The van der Waals surface area contributed by atoms with Crippen LogP contribution in [0.1, 0.15) is 32.8 Å². The van der Waals surface area contributed by atoms with E-state index >= 15 is 0 Å². The molecule has 1 amide bonds. The number of amides is 1. The lowest BCUT2D eigenvalue weighted by Crippen LogP contribution is -2.26. The van der Waals surface area contributed by atoms with Crippen molar-refractivity contribution in [2.45, 2.75) is 27.2 Å². The summed E-state index contributed by atoms with van der Waals surface area (Å²) in [7, 11) is 0. The molecule has 0 atom stereocenters. The smallest absolute Gasteiger partial charge is 0.254 e. The van der Waals surface area contributed by atoms with Gasteiger partial charge < -0.3 is 9.73 Å². The van der Waals surface area contributed by atoms with E-state index in [0.29, 0.717) is 17.9 Å². The third-order valence-electron chi connectivity index (χ3n) is 3.41. The lowest BCUT2D eigenvalue weighted by Gasteiger charge is -2.10. The van der Waals surface area contributed by atoms with E-state index < -0.39 is 0 Å². The maximum absolute atomic E-state index is 11.9. The topological polar surface area (TPSA) is 42.2 Å². The lowest BCUT2D eigenvalue weighted by atomic mass is 10.0. The molecule has 100 valence electrons. The summed E-state index contributed by atoms with van der Waals surface area (Å²) >= 11 is 0. The van der Waals surface area contributed by atoms with E-state index in [0.717, 1.165) is 6.42 Å². The summed E-state index contributed by atoms with van der Waals surface area (Å²) < 4.78 is 5.13. The van der Waals surface area contributed by atoms with Crippen LogP contribution in [0, 0.1) is 20.8 Å². The van der Waals surface area contributed by atoms with Gasteiger partial charge in [-0.3, -0.25) is 4.79 Å². The Labute approximate surface area is 113 Å². The highest BCUT2D eigenvalue weighted by molar-refractivity contribution is 5.95. The van der Waals surface area contributed by atoms with E-state index in [1.54, 1.807) is 13.0 Å². The minimum Gasteiger partial charge on any atom is -0.469 e. The molecule has 0 bridgehead atoms. The van der Waals surface area contributed by atoms with Gasteiger partial charge in [-0.05, 0) is 49.9 Å². The Balaban J connectivity index is 1.94. The second-order valence-corrected chi connectivity index (χ2v) is 4.77. The normalized spacial score (nSPS) is 10.5. The minimum atomic E-state index is -0.0718. The molecule has 0 spiro atoms. The Morgan fingerprint density at radius 3 is 2.42 bits per heavy atom. The number of furan rings is 1. The monoisotopic (exact) mass is 257 g/mol. The van der Waals surface area contributed by atoms with Crippen LogP contribution in [0.3, 0.4) is 0 Å². The summed E-state index contributed by atoms with van der Waals surface area (Å²) in [6.07, 6.45) is 2.39. The van der Waals surface area contributed by atoms with Crippen molar-refractivity contribution in [2.75, 3.05) is 6.54 Å². The van der Waals surface area contributed by atoms with Gasteiger partial charge in [0.15, 0.2) is 0 Å². The van der Waals surface area contributed by atoms with E-state index in [1.807, 2.05) is 0 Å². The van der Waals surface area contributed by atoms with E-state index in [9.17, 15) is 4.79 Å². The second kappa shape index (κ2) is 5.74. The molecule has 1 aromatic carbocycles. The van der Waals surface area contributed by atoms with Crippen molar-refractivity contribution in [1.82, 2.24) is 5.32 Å². The minimum absolute atomic E-state index is 0.0718. The molecule has 0 saturated heterocycles. The molecular formula is C16H19NO2. The second-order valence-electron chi connectivity index (χ2n) is 4.77. The lowest BCUT2D eigenvalue weighted by molar-refractivity contribution is 0.0952. The Bertz CT molecular complexity index is 564. The van der Waals surface area contributed by atoms with Gasteiger partial charge in [0.2, 0.25) is 0 Å². The van der Waals surface area contributed by atoms with Crippen molar-refractivity contribution in [3.8, 4) is 0 Å². The SMILES string of the molecule is Cc1cccc(C)c1CCNC(=O)c1ccoc1C. The van der Waals surface area contributed by atoms with Crippen LogP contribution in [0.5, 0.6) is 0 Å². The van der Waals surface area contributed by atoms with Gasteiger partial charge in [-0.15, -0.1) is 0 Å². The molecule has 19 heavy (non-hydrogen) atoms. The highest BCUT2D eigenvalue weighted by Gasteiger charge is 2.10. The van der Waals surface area contributed by atoms with E-state index in [2.05, 4.69) is 37.4 Å². The van der Waals surface area contributed by atoms with Gasteiger partial charge in [0, 0.05) is 6.54 Å². The molecule has 0 radical (unpaired) electrons. The van der Waals surface area contributed by atoms with Crippen LogP contribution in [-0.4, -0.2) is 12.5 Å². The van der Waals surface area contributed by atoms with Gasteiger partial charge in [-0.2, -0.15) is 0 Å². The first-order valence-electron chi connectivity index (χ1n) is 6.47. The fourth-order valence-corrected chi connectivity index (χ4v) is 2.26. The first-order valence-corrected chi connectivity index (χ1v) is 6.47. The largest absolute Gasteiger partial charge is 0.469 e. The van der Waals surface area contributed by atoms with Gasteiger partial charge in [0.05, 0.1) is 11.8 Å². The molecule has 0 aliphatic carbocycles. The number of aryl methyl sites for hydroxylation is 3. The zero-order chi connectivity index (χ0) is 13.8. The van der Waals surface area contributed by atoms with Crippen molar-refractivity contribution in [1.29, 1.82) is 0 Å². The summed E-state index contributed by atoms with van der Waals surface area (Å²) in [5.41, 5.74) is 4.47. The van der Waals surface area contributed by atoms with Crippen molar-refractivity contribution < 1.29 is 9.21 Å². The van der Waals surface area contributed by atoms with Gasteiger partial charge in [0.1, 0.15) is 5.76 Å². The molecular weight excluding hydrogens is 238 g/mol. The third-order valence-corrected chi connectivity index (χ3v) is 3.41. The summed E-state index contributed by atoms with van der Waals surface area (Å²) in [5.74, 6) is 0.585. The average molecular weight is 257 g/mol. The molecule has 0 unspecified atom stereocenters. The van der Waals surface area contributed by atoms with Crippen molar-refractivity contribution in [3.63, 3.8) is 0 Å². The first kappa shape index (κ1) is 13.4. The van der Waals surface area contributed by atoms with Crippen LogP contribution in [0.4, 0.5) is 0 Å². The Morgan fingerprint density at radius 2 is 1.84 bits per heavy atom. The van der Waals surface area contributed by atoms with Crippen LogP contribution in [-0.2, 0) is 6.42 Å². The molecule has 1 N–H and O–H groups in total. The molecule has 1 heterocycles. The molecule has 0 fully saturated rings. The Kier molecular flexibility index (Phi) is 4.05. The zero-order valence-electron chi connectivity index (χ0n) is 11.6. The Morgan fingerprint density at radius 1 is 1.16 bits per heavy atom. The number of rotatable bonds is 4. The molecule has 2 rings (SSSR count).